The molecule has 1 aliphatic rings. The minimum Gasteiger partial charge on any atom is -0.378 e. The maximum Gasteiger partial charge on any atom is 0.321 e. The van der Waals surface area contributed by atoms with Gasteiger partial charge in [-0.25, -0.2) is 4.79 Å². The molecule has 2 amide bonds. The number of rotatable bonds is 2. The normalized spacial score (nSPS) is 15.7. The highest BCUT2D eigenvalue weighted by molar-refractivity contribution is 5.89. The van der Waals surface area contributed by atoms with Gasteiger partial charge < -0.3 is 15.0 Å². The van der Waals surface area contributed by atoms with Gasteiger partial charge in [-0.2, -0.15) is 0 Å². The maximum absolute atomic E-state index is 11.9. The summed E-state index contributed by atoms with van der Waals surface area (Å²) < 4.78 is 5.21. The van der Waals surface area contributed by atoms with Gasteiger partial charge >= 0.3 is 6.03 Å². The van der Waals surface area contributed by atoms with Gasteiger partial charge in [0.15, 0.2) is 0 Å². The number of ether oxygens (including phenoxy) is 1. The second-order valence-electron chi connectivity index (χ2n) is 4.08. The van der Waals surface area contributed by atoms with Crippen LogP contribution in [0.2, 0.25) is 0 Å². The third-order valence-electron chi connectivity index (χ3n) is 2.88. The van der Waals surface area contributed by atoms with Crippen LogP contribution in [0.4, 0.5) is 10.5 Å². The lowest BCUT2D eigenvalue weighted by molar-refractivity contribution is 0.0564. The number of carbonyl (C=O) groups excluding carboxylic acids is 1. The molecule has 0 aliphatic carbocycles. The molecular formula is C13H18N2O2. The second kappa shape index (κ2) is 5.68. The Morgan fingerprint density at radius 2 is 2.18 bits per heavy atom. The summed E-state index contributed by atoms with van der Waals surface area (Å²) in [5.41, 5.74) is 2.09. The van der Waals surface area contributed by atoms with E-state index in [-0.39, 0.29) is 6.03 Å². The first-order valence-electron chi connectivity index (χ1n) is 6.02. The molecule has 92 valence electrons. The average molecular weight is 234 g/mol. The Balaban J connectivity index is 1.96. The molecule has 0 radical (unpaired) electrons. The number of hydrogen-bond acceptors (Lipinski definition) is 2. The van der Waals surface area contributed by atoms with Gasteiger partial charge in [0.25, 0.3) is 0 Å². The molecule has 0 bridgehead atoms. The fourth-order valence-electron chi connectivity index (χ4n) is 1.84. The van der Waals surface area contributed by atoms with Crippen LogP contribution in [-0.4, -0.2) is 37.2 Å². The van der Waals surface area contributed by atoms with Gasteiger partial charge in [-0.05, 0) is 24.1 Å². The topological polar surface area (TPSA) is 41.6 Å². The van der Waals surface area contributed by atoms with Crippen molar-refractivity contribution in [3.05, 3.63) is 29.8 Å². The molecule has 2 rings (SSSR count). The van der Waals surface area contributed by atoms with E-state index in [4.69, 9.17) is 4.74 Å². The second-order valence-corrected chi connectivity index (χ2v) is 4.08. The highest BCUT2D eigenvalue weighted by atomic mass is 16.5. The van der Waals surface area contributed by atoms with Crippen molar-refractivity contribution >= 4 is 11.7 Å². The molecule has 1 N–H and O–H groups in total. The van der Waals surface area contributed by atoms with Gasteiger partial charge in [0.2, 0.25) is 0 Å². The summed E-state index contributed by atoms with van der Waals surface area (Å²) in [5.74, 6) is 0. The molecule has 0 spiro atoms. The molecule has 4 nitrogen and oxygen atoms in total. The Hall–Kier alpha value is -1.55. The van der Waals surface area contributed by atoms with Crippen LogP contribution in [0.15, 0.2) is 24.3 Å². The number of urea groups is 1. The summed E-state index contributed by atoms with van der Waals surface area (Å²) in [5, 5.41) is 2.92. The number of nitrogens with zero attached hydrogens (tertiary/aromatic N) is 1. The minimum absolute atomic E-state index is 0.0402. The zero-order valence-electron chi connectivity index (χ0n) is 10.1. The number of hydrogen-bond donors (Lipinski definition) is 1. The largest absolute Gasteiger partial charge is 0.378 e. The Morgan fingerprint density at radius 1 is 1.41 bits per heavy atom. The van der Waals surface area contributed by atoms with Crippen LogP contribution in [0, 0.1) is 0 Å². The summed E-state index contributed by atoms with van der Waals surface area (Å²) in [6.07, 6.45) is 0.973. The Labute approximate surface area is 102 Å². The van der Waals surface area contributed by atoms with Crippen LogP contribution in [0.5, 0.6) is 0 Å². The van der Waals surface area contributed by atoms with Gasteiger partial charge in [-0.3, -0.25) is 0 Å². The summed E-state index contributed by atoms with van der Waals surface area (Å²) in [7, 11) is 0. The smallest absolute Gasteiger partial charge is 0.321 e. The van der Waals surface area contributed by atoms with Gasteiger partial charge in [-0.15, -0.1) is 0 Å². The lowest BCUT2D eigenvalue weighted by Crippen LogP contribution is -2.43. The monoisotopic (exact) mass is 234 g/mol. The van der Waals surface area contributed by atoms with Gasteiger partial charge in [-0.1, -0.05) is 19.1 Å². The van der Waals surface area contributed by atoms with Crippen LogP contribution >= 0.6 is 0 Å². The van der Waals surface area contributed by atoms with E-state index in [1.165, 1.54) is 5.56 Å². The Kier molecular flexibility index (Phi) is 3.98. The number of nitrogens with one attached hydrogen (secondary N) is 1. The number of benzene rings is 1. The van der Waals surface area contributed by atoms with Crippen molar-refractivity contribution in [2.45, 2.75) is 13.3 Å². The van der Waals surface area contributed by atoms with E-state index < -0.39 is 0 Å². The summed E-state index contributed by atoms with van der Waals surface area (Å²) >= 11 is 0. The number of aryl methyl sites for hydroxylation is 1. The molecule has 1 fully saturated rings. The first-order chi connectivity index (χ1) is 8.29. The van der Waals surface area contributed by atoms with Crippen LogP contribution in [0.1, 0.15) is 12.5 Å². The first-order valence-corrected chi connectivity index (χ1v) is 6.02. The number of morpholine rings is 1. The Bertz CT molecular complexity index is 387. The average Bonchev–Trinajstić information content (AvgIpc) is 2.40. The molecule has 0 unspecified atom stereocenters. The third-order valence-corrected chi connectivity index (χ3v) is 2.88. The molecule has 1 aromatic rings. The highest BCUT2D eigenvalue weighted by Crippen LogP contribution is 2.12. The highest BCUT2D eigenvalue weighted by Gasteiger charge is 2.16. The maximum atomic E-state index is 11.9. The molecule has 1 heterocycles. The van der Waals surface area contributed by atoms with E-state index in [1.807, 2.05) is 18.2 Å². The van der Waals surface area contributed by atoms with E-state index in [9.17, 15) is 4.79 Å². The van der Waals surface area contributed by atoms with Gasteiger partial charge in [0.05, 0.1) is 13.2 Å². The molecule has 1 aliphatic heterocycles. The first kappa shape index (κ1) is 11.9. The molecule has 0 saturated carbocycles. The standard InChI is InChI=1S/C13H18N2O2/c1-2-11-4-3-5-12(10-11)14-13(16)15-6-8-17-9-7-15/h3-5,10H,2,6-9H2,1H3,(H,14,16). The van der Waals surface area contributed by atoms with Crippen molar-refractivity contribution in [3.63, 3.8) is 0 Å². The fourth-order valence-corrected chi connectivity index (χ4v) is 1.84. The van der Waals surface area contributed by atoms with Gasteiger partial charge in [0.1, 0.15) is 0 Å². The number of amides is 2. The van der Waals surface area contributed by atoms with Crippen LogP contribution in [0.25, 0.3) is 0 Å². The lowest BCUT2D eigenvalue weighted by atomic mass is 10.1. The molecule has 0 atom stereocenters. The predicted octanol–water partition coefficient (Wildman–Crippen LogP) is 2.11. The SMILES string of the molecule is CCc1cccc(NC(=O)N2CCOCC2)c1. The quantitative estimate of drug-likeness (QED) is 0.851. The van der Waals surface area contributed by atoms with Crippen molar-refractivity contribution in [3.8, 4) is 0 Å². The van der Waals surface area contributed by atoms with Crippen LogP contribution in [0.3, 0.4) is 0 Å². The third kappa shape index (κ3) is 3.20. The molecule has 1 aromatic carbocycles. The number of anilines is 1. The zero-order chi connectivity index (χ0) is 12.1. The lowest BCUT2D eigenvalue weighted by Gasteiger charge is -2.27. The summed E-state index contributed by atoms with van der Waals surface area (Å²) in [6, 6.07) is 7.91. The van der Waals surface area contributed by atoms with Crippen LogP contribution < -0.4 is 5.32 Å². The van der Waals surface area contributed by atoms with Crippen molar-refractivity contribution in [1.82, 2.24) is 4.90 Å². The van der Waals surface area contributed by atoms with E-state index in [0.717, 1.165) is 12.1 Å². The van der Waals surface area contributed by atoms with E-state index in [1.54, 1.807) is 4.90 Å². The summed E-state index contributed by atoms with van der Waals surface area (Å²) in [6.45, 7) is 4.69. The fraction of sp³-hybridized carbons (Fsp3) is 0.462. The van der Waals surface area contributed by atoms with Crippen molar-refractivity contribution in [2.24, 2.45) is 0 Å². The molecular weight excluding hydrogens is 216 g/mol. The molecule has 0 aromatic heterocycles. The van der Waals surface area contributed by atoms with E-state index in [0.29, 0.717) is 26.3 Å². The van der Waals surface area contributed by atoms with Crippen molar-refractivity contribution < 1.29 is 9.53 Å². The minimum atomic E-state index is -0.0402. The van der Waals surface area contributed by atoms with Crippen molar-refractivity contribution in [1.29, 1.82) is 0 Å². The predicted molar refractivity (Wildman–Crippen MR) is 67.2 cm³/mol. The molecule has 1 saturated heterocycles. The van der Waals surface area contributed by atoms with E-state index >= 15 is 0 Å². The van der Waals surface area contributed by atoms with E-state index in [2.05, 4.69) is 18.3 Å². The van der Waals surface area contributed by atoms with Crippen LogP contribution in [-0.2, 0) is 11.2 Å². The summed E-state index contributed by atoms with van der Waals surface area (Å²) in [4.78, 5) is 13.7. The molecule has 4 heteroatoms. The molecule has 17 heavy (non-hydrogen) atoms. The van der Waals surface area contributed by atoms with Gasteiger partial charge in [0, 0.05) is 18.8 Å². The zero-order valence-corrected chi connectivity index (χ0v) is 10.1. The Morgan fingerprint density at radius 3 is 2.88 bits per heavy atom. The van der Waals surface area contributed by atoms with Crippen molar-refractivity contribution in [2.75, 3.05) is 31.6 Å². The number of carbonyl (C=O) groups is 1.